The van der Waals surface area contributed by atoms with Gasteiger partial charge >= 0.3 is 6.09 Å². The highest BCUT2D eigenvalue weighted by Crippen LogP contribution is 2.33. The van der Waals surface area contributed by atoms with Gasteiger partial charge in [-0.25, -0.2) is 14.8 Å². The molecule has 0 aliphatic carbocycles. The molecule has 7 heteroatoms. The first kappa shape index (κ1) is 21.7. The fraction of sp³-hybridized carbons (Fsp3) is 0.222. The maximum atomic E-state index is 12.3. The SMILES string of the molecule is Cc1ccc2c(N3CCC(NC(=O)OCc4ccccc4)C3)nc(-c3ccccc3O)nc2c1. The van der Waals surface area contributed by atoms with E-state index >= 15 is 0 Å². The number of benzene rings is 3. The molecule has 34 heavy (non-hydrogen) atoms. The molecule has 7 nitrogen and oxygen atoms in total. The second-order valence-corrected chi connectivity index (χ2v) is 8.55. The number of aromatic hydroxyl groups is 1. The van der Waals surface area contributed by atoms with Crippen LogP contribution in [0.15, 0.2) is 72.8 Å². The summed E-state index contributed by atoms with van der Waals surface area (Å²) in [5.41, 5.74) is 3.46. The lowest BCUT2D eigenvalue weighted by Gasteiger charge is -2.21. The third-order valence-corrected chi connectivity index (χ3v) is 6.00. The molecular weight excluding hydrogens is 428 g/mol. The highest BCUT2D eigenvalue weighted by atomic mass is 16.5. The quantitative estimate of drug-likeness (QED) is 0.450. The molecule has 172 valence electrons. The highest BCUT2D eigenvalue weighted by molar-refractivity contribution is 5.92. The molecule has 1 fully saturated rings. The number of ether oxygens (including phenoxy) is 1. The highest BCUT2D eigenvalue weighted by Gasteiger charge is 2.27. The summed E-state index contributed by atoms with van der Waals surface area (Å²) in [5, 5.41) is 14.3. The van der Waals surface area contributed by atoms with Crippen molar-refractivity contribution in [3.63, 3.8) is 0 Å². The number of fused-ring (bicyclic) bond motifs is 1. The van der Waals surface area contributed by atoms with Crippen LogP contribution in [0.5, 0.6) is 5.75 Å². The molecule has 1 unspecified atom stereocenters. The van der Waals surface area contributed by atoms with Crippen molar-refractivity contribution in [2.24, 2.45) is 0 Å². The van der Waals surface area contributed by atoms with Crippen molar-refractivity contribution >= 4 is 22.8 Å². The molecule has 4 aromatic rings. The number of carbonyl (C=O) groups is 1. The van der Waals surface area contributed by atoms with Crippen LogP contribution >= 0.6 is 0 Å². The van der Waals surface area contributed by atoms with Crippen LogP contribution in [0, 0.1) is 6.92 Å². The Morgan fingerprint density at radius 2 is 1.88 bits per heavy atom. The first-order valence-electron chi connectivity index (χ1n) is 11.4. The van der Waals surface area contributed by atoms with E-state index in [0.717, 1.165) is 40.8 Å². The van der Waals surface area contributed by atoms with E-state index in [2.05, 4.69) is 10.2 Å². The topological polar surface area (TPSA) is 87.6 Å². The Bertz CT molecular complexity index is 1330. The monoisotopic (exact) mass is 454 g/mol. The third-order valence-electron chi connectivity index (χ3n) is 6.00. The van der Waals surface area contributed by atoms with Gasteiger partial charge < -0.3 is 20.1 Å². The zero-order valence-corrected chi connectivity index (χ0v) is 18.9. The zero-order chi connectivity index (χ0) is 23.5. The maximum Gasteiger partial charge on any atom is 0.407 e. The lowest BCUT2D eigenvalue weighted by molar-refractivity contribution is 0.136. The number of aromatic nitrogens is 2. The minimum atomic E-state index is -0.422. The second kappa shape index (κ2) is 9.39. The van der Waals surface area contributed by atoms with Gasteiger partial charge in [-0.15, -0.1) is 0 Å². The van der Waals surface area contributed by atoms with Crippen molar-refractivity contribution in [3.05, 3.63) is 83.9 Å². The summed E-state index contributed by atoms with van der Waals surface area (Å²) in [5.74, 6) is 1.41. The molecule has 0 bridgehead atoms. The van der Waals surface area contributed by atoms with Gasteiger partial charge in [-0.3, -0.25) is 0 Å². The van der Waals surface area contributed by atoms with Crippen LogP contribution in [0.1, 0.15) is 17.5 Å². The normalized spacial score (nSPS) is 15.4. The summed E-state index contributed by atoms with van der Waals surface area (Å²) >= 11 is 0. The van der Waals surface area contributed by atoms with E-state index in [-0.39, 0.29) is 18.4 Å². The summed E-state index contributed by atoms with van der Waals surface area (Å²) in [6.07, 6.45) is 0.359. The number of amides is 1. The van der Waals surface area contributed by atoms with Gasteiger partial charge in [-0.1, -0.05) is 48.5 Å². The van der Waals surface area contributed by atoms with Crippen molar-refractivity contribution in [1.82, 2.24) is 15.3 Å². The molecule has 1 aromatic heterocycles. The lowest BCUT2D eigenvalue weighted by Crippen LogP contribution is -2.37. The summed E-state index contributed by atoms with van der Waals surface area (Å²) in [4.78, 5) is 24.1. The van der Waals surface area contributed by atoms with Crippen LogP contribution in [-0.4, -0.2) is 40.3 Å². The Hall–Kier alpha value is -4.13. The molecular formula is C27H26N4O3. The van der Waals surface area contributed by atoms with E-state index in [1.54, 1.807) is 12.1 Å². The number of aryl methyl sites for hydroxylation is 1. The molecule has 2 N–H and O–H groups in total. The first-order chi connectivity index (χ1) is 16.6. The average Bonchev–Trinajstić information content (AvgIpc) is 3.31. The zero-order valence-electron chi connectivity index (χ0n) is 18.9. The first-order valence-corrected chi connectivity index (χ1v) is 11.4. The van der Waals surface area contributed by atoms with Gasteiger partial charge in [0.1, 0.15) is 18.2 Å². The van der Waals surface area contributed by atoms with Gasteiger partial charge in [-0.05, 0) is 48.7 Å². The molecule has 1 amide bonds. The van der Waals surface area contributed by atoms with Gasteiger partial charge in [-0.2, -0.15) is 0 Å². The largest absolute Gasteiger partial charge is 0.507 e. The second-order valence-electron chi connectivity index (χ2n) is 8.55. The number of carbonyl (C=O) groups excluding carboxylic acids is 1. The van der Waals surface area contributed by atoms with Gasteiger partial charge in [0.15, 0.2) is 5.82 Å². The van der Waals surface area contributed by atoms with Gasteiger partial charge in [0.05, 0.1) is 17.1 Å². The van der Waals surface area contributed by atoms with Crippen molar-refractivity contribution in [2.45, 2.75) is 26.0 Å². The predicted octanol–water partition coefficient (Wildman–Crippen LogP) is 4.82. The number of hydrogen-bond acceptors (Lipinski definition) is 6. The maximum absolute atomic E-state index is 12.3. The third kappa shape index (κ3) is 4.64. The average molecular weight is 455 g/mol. The Morgan fingerprint density at radius 1 is 1.09 bits per heavy atom. The van der Waals surface area contributed by atoms with Gasteiger partial charge in [0.25, 0.3) is 0 Å². The molecule has 1 aliphatic rings. The van der Waals surface area contributed by atoms with Crippen LogP contribution in [0.25, 0.3) is 22.3 Å². The van der Waals surface area contributed by atoms with Crippen LogP contribution < -0.4 is 10.2 Å². The Kier molecular flexibility index (Phi) is 5.99. The van der Waals surface area contributed by atoms with Gasteiger partial charge in [0.2, 0.25) is 0 Å². The summed E-state index contributed by atoms with van der Waals surface area (Å²) in [6.45, 7) is 3.62. The predicted molar refractivity (Wildman–Crippen MR) is 132 cm³/mol. The lowest BCUT2D eigenvalue weighted by atomic mass is 10.1. The molecule has 0 radical (unpaired) electrons. The smallest absolute Gasteiger partial charge is 0.407 e. The van der Waals surface area contributed by atoms with Crippen LogP contribution in [0.3, 0.4) is 0 Å². The van der Waals surface area contributed by atoms with E-state index in [0.29, 0.717) is 17.9 Å². The minimum absolute atomic E-state index is 0.0488. The fourth-order valence-electron chi connectivity index (χ4n) is 4.25. The Balaban J connectivity index is 1.35. The number of phenolic OH excluding ortho intramolecular Hbond substituents is 1. The number of phenols is 1. The van der Waals surface area contributed by atoms with E-state index in [4.69, 9.17) is 14.7 Å². The van der Waals surface area contributed by atoms with Crippen LogP contribution in [0.2, 0.25) is 0 Å². The molecule has 0 spiro atoms. The number of alkyl carbamates (subject to hydrolysis) is 1. The molecule has 5 rings (SSSR count). The van der Waals surface area contributed by atoms with E-state index in [9.17, 15) is 9.90 Å². The standard InChI is InChI=1S/C27H26N4O3/c1-18-11-12-21-23(15-18)29-25(22-9-5-6-10-24(22)32)30-26(21)31-14-13-20(16-31)28-27(33)34-17-19-7-3-2-4-8-19/h2-12,15,20,32H,13-14,16-17H2,1H3,(H,28,33). The van der Waals surface area contributed by atoms with E-state index in [1.807, 2.05) is 67.6 Å². The van der Waals surface area contributed by atoms with Crippen molar-refractivity contribution in [1.29, 1.82) is 0 Å². The number of nitrogens with one attached hydrogen (secondary N) is 1. The molecule has 1 aliphatic heterocycles. The number of rotatable bonds is 5. The summed E-state index contributed by atoms with van der Waals surface area (Å²) in [7, 11) is 0. The number of anilines is 1. The molecule has 1 atom stereocenters. The van der Waals surface area contributed by atoms with Crippen LogP contribution in [-0.2, 0) is 11.3 Å². The van der Waals surface area contributed by atoms with E-state index in [1.165, 1.54) is 0 Å². The summed E-state index contributed by atoms with van der Waals surface area (Å²) in [6, 6.07) is 22.7. The van der Waals surface area contributed by atoms with Crippen molar-refractivity contribution in [3.8, 4) is 17.1 Å². The number of para-hydroxylation sites is 1. The van der Waals surface area contributed by atoms with Crippen LogP contribution in [0.4, 0.5) is 10.6 Å². The molecule has 3 aromatic carbocycles. The van der Waals surface area contributed by atoms with Crippen molar-refractivity contribution in [2.75, 3.05) is 18.0 Å². The molecule has 0 saturated carbocycles. The molecule has 1 saturated heterocycles. The van der Waals surface area contributed by atoms with Gasteiger partial charge in [0, 0.05) is 18.5 Å². The number of hydrogen-bond donors (Lipinski definition) is 2. The Labute approximate surface area is 198 Å². The van der Waals surface area contributed by atoms with E-state index < -0.39 is 6.09 Å². The van der Waals surface area contributed by atoms with Crippen molar-refractivity contribution < 1.29 is 14.6 Å². The fourth-order valence-corrected chi connectivity index (χ4v) is 4.25. The number of nitrogens with zero attached hydrogens (tertiary/aromatic N) is 3. The molecule has 2 heterocycles. The Morgan fingerprint density at radius 3 is 2.71 bits per heavy atom. The minimum Gasteiger partial charge on any atom is -0.507 e. The summed E-state index contributed by atoms with van der Waals surface area (Å²) < 4.78 is 5.38.